The van der Waals surface area contributed by atoms with Crippen LogP contribution in [0.2, 0.25) is 0 Å². The smallest absolute Gasteiger partial charge is 0.307 e. The summed E-state index contributed by atoms with van der Waals surface area (Å²) in [4.78, 5) is 10.6. The number of aliphatic carboxylic acids is 1. The number of carbonyl (C=O) groups is 1. The lowest BCUT2D eigenvalue weighted by Gasteiger charge is -1.97. The molecule has 68 valence electrons. The lowest BCUT2D eigenvalue weighted by molar-refractivity contribution is -0.138. The Morgan fingerprint density at radius 1 is 1.38 bits per heavy atom. The Kier molecular flexibility index (Phi) is 2.27. The first-order valence-electron chi connectivity index (χ1n) is 4.17. The monoisotopic (exact) mass is 288 g/mol. The SMILES string of the molecule is O=C(O)[C@H]1C[C@@H]1c1ccc(I)cc1. The summed E-state index contributed by atoms with van der Waals surface area (Å²) >= 11 is 2.24. The van der Waals surface area contributed by atoms with Gasteiger partial charge in [-0.3, -0.25) is 4.79 Å². The summed E-state index contributed by atoms with van der Waals surface area (Å²) in [6, 6.07) is 8.09. The van der Waals surface area contributed by atoms with Gasteiger partial charge >= 0.3 is 5.97 Å². The van der Waals surface area contributed by atoms with Crippen molar-refractivity contribution >= 4 is 28.6 Å². The molecule has 0 bridgehead atoms. The Balaban J connectivity index is 2.12. The van der Waals surface area contributed by atoms with Crippen LogP contribution in [0.15, 0.2) is 24.3 Å². The lowest BCUT2D eigenvalue weighted by Crippen LogP contribution is -1.98. The Hall–Kier alpha value is -0.580. The molecule has 1 aliphatic rings. The molecule has 1 fully saturated rings. The molecule has 13 heavy (non-hydrogen) atoms. The summed E-state index contributed by atoms with van der Waals surface area (Å²) in [7, 11) is 0. The van der Waals surface area contributed by atoms with Crippen molar-refractivity contribution in [3.8, 4) is 0 Å². The van der Waals surface area contributed by atoms with E-state index in [0.717, 1.165) is 12.0 Å². The molecule has 0 saturated heterocycles. The first kappa shape index (κ1) is 8.99. The van der Waals surface area contributed by atoms with Gasteiger partial charge < -0.3 is 5.11 Å². The third kappa shape index (κ3) is 1.85. The molecule has 2 atom stereocenters. The zero-order chi connectivity index (χ0) is 9.42. The molecule has 0 aromatic heterocycles. The maximum absolute atomic E-state index is 10.6. The van der Waals surface area contributed by atoms with Gasteiger partial charge in [-0.05, 0) is 52.6 Å². The van der Waals surface area contributed by atoms with E-state index in [9.17, 15) is 4.79 Å². The van der Waals surface area contributed by atoms with Crippen molar-refractivity contribution in [2.24, 2.45) is 5.92 Å². The molecule has 0 amide bonds. The summed E-state index contributed by atoms with van der Waals surface area (Å²) in [6.07, 6.45) is 0.802. The number of hydrogen-bond acceptors (Lipinski definition) is 1. The van der Waals surface area contributed by atoms with Gasteiger partial charge in [-0.1, -0.05) is 12.1 Å². The van der Waals surface area contributed by atoms with Gasteiger partial charge in [0.15, 0.2) is 0 Å². The van der Waals surface area contributed by atoms with E-state index in [4.69, 9.17) is 5.11 Å². The first-order valence-corrected chi connectivity index (χ1v) is 5.24. The minimum atomic E-state index is -0.663. The van der Waals surface area contributed by atoms with Crippen LogP contribution < -0.4 is 0 Å². The topological polar surface area (TPSA) is 37.3 Å². The predicted octanol–water partition coefficient (Wildman–Crippen LogP) is 2.48. The highest BCUT2D eigenvalue weighted by molar-refractivity contribution is 14.1. The van der Waals surface area contributed by atoms with Crippen LogP contribution >= 0.6 is 22.6 Å². The molecule has 0 aliphatic heterocycles. The normalized spacial score (nSPS) is 25.6. The van der Waals surface area contributed by atoms with Gasteiger partial charge in [0.25, 0.3) is 0 Å². The molecule has 1 aliphatic carbocycles. The molecule has 1 saturated carbocycles. The predicted molar refractivity (Wildman–Crippen MR) is 57.6 cm³/mol. The molecule has 0 heterocycles. The summed E-state index contributed by atoms with van der Waals surface area (Å²) in [6.45, 7) is 0. The van der Waals surface area contributed by atoms with Crippen LogP contribution in [0.3, 0.4) is 0 Å². The summed E-state index contributed by atoms with van der Waals surface area (Å²) < 4.78 is 1.19. The molecule has 2 rings (SSSR count). The highest BCUT2D eigenvalue weighted by Crippen LogP contribution is 2.47. The average Bonchev–Trinajstić information content (AvgIpc) is 2.85. The number of benzene rings is 1. The fraction of sp³-hybridized carbons (Fsp3) is 0.300. The van der Waals surface area contributed by atoms with Crippen molar-refractivity contribution in [1.29, 1.82) is 0 Å². The Morgan fingerprint density at radius 3 is 2.46 bits per heavy atom. The Morgan fingerprint density at radius 2 is 2.00 bits per heavy atom. The molecule has 0 spiro atoms. The molecular weight excluding hydrogens is 279 g/mol. The molecule has 2 nitrogen and oxygen atoms in total. The first-order chi connectivity index (χ1) is 6.18. The van der Waals surface area contributed by atoms with E-state index < -0.39 is 5.97 Å². The van der Waals surface area contributed by atoms with E-state index in [1.54, 1.807) is 0 Å². The van der Waals surface area contributed by atoms with E-state index in [1.807, 2.05) is 24.3 Å². The number of rotatable bonds is 2. The van der Waals surface area contributed by atoms with E-state index in [2.05, 4.69) is 22.6 Å². The minimum absolute atomic E-state index is 0.139. The van der Waals surface area contributed by atoms with Gasteiger partial charge in [-0.25, -0.2) is 0 Å². The van der Waals surface area contributed by atoms with Crippen LogP contribution in [0.1, 0.15) is 17.9 Å². The standard InChI is InChI=1S/C10H9IO2/c11-7-3-1-6(2-4-7)8-5-9(8)10(12)13/h1-4,8-9H,5H2,(H,12,13)/t8-,9+/m1/s1. The van der Waals surface area contributed by atoms with Crippen molar-refractivity contribution in [2.45, 2.75) is 12.3 Å². The van der Waals surface area contributed by atoms with Gasteiger partial charge in [0.1, 0.15) is 0 Å². The summed E-state index contributed by atoms with van der Waals surface area (Å²) in [5.41, 5.74) is 1.16. The van der Waals surface area contributed by atoms with Gasteiger partial charge in [-0.2, -0.15) is 0 Å². The molecule has 3 heteroatoms. The van der Waals surface area contributed by atoms with Crippen molar-refractivity contribution in [1.82, 2.24) is 0 Å². The Labute approximate surface area is 90.1 Å². The largest absolute Gasteiger partial charge is 0.481 e. The van der Waals surface area contributed by atoms with Crippen LogP contribution in [0.25, 0.3) is 0 Å². The maximum Gasteiger partial charge on any atom is 0.307 e. The van der Waals surface area contributed by atoms with Crippen LogP contribution in [-0.4, -0.2) is 11.1 Å². The number of carboxylic acid groups (broad SMARTS) is 1. The van der Waals surface area contributed by atoms with Crippen molar-refractivity contribution in [2.75, 3.05) is 0 Å². The van der Waals surface area contributed by atoms with Gasteiger partial charge in [0.2, 0.25) is 0 Å². The molecular formula is C10H9IO2. The average molecular weight is 288 g/mol. The fourth-order valence-electron chi connectivity index (χ4n) is 1.55. The molecule has 0 unspecified atom stereocenters. The number of carboxylic acids is 1. The van der Waals surface area contributed by atoms with Crippen LogP contribution in [0, 0.1) is 9.49 Å². The summed E-state index contributed by atoms with van der Waals surface area (Å²) in [5, 5.41) is 8.74. The second-order valence-electron chi connectivity index (χ2n) is 3.34. The third-order valence-electron chi connectivity index (χ3n) is 2.41. The van der Waals surface area contributed by atoms with Crippen LogP contribution in [-0.2, 0) is 4.79 Å². The van der Waals surface area contributed by atoms with Gasteiger partial charge in [0.05, 0.1) is 5.92 Å². The second-order valence-corrected chi connectivity index (χ2v) is 4.58. The van der Waals surface area contributed by atoms with Crippen molar-refractivity contribution in [3.63, 3.8) is 0 Å². The maximum atomic E-state index is 10.6. The van der Waals surface area contributed by atoms with Gasteiger partial charge in [-0.15, -0.1) is 0 Å². The zero-order valence-corrected chi connectivity index (χ0v) is 9.06. The van der Waals surface area contributed by atoms with E-state index in [0.29, 0.717) is 0 Å². The van der Waals surface area contributed by atoms with Crippen LogP contribution in [0.4, 0.5) is 0 Å². The minimum Gasteiger partial charge on any atom is -0.481 e. The number of halogens is 1. The summed E-state index contributed by atoms with van der Waals surface area (Å²) in [5.74, 6) is -0.543. The quantitative estimate of drug-likeness (QED) is 0.849. The molecule has 1 N–H and O–H groups in total. The highest BCUT2D eigenvalue weighted by Gasteiger charge is 2.43. The highest BCUT2D eigenvalue weighted by atomic mass is 127. The fourth-order valence-corrected chi connectivity index (χ4v) is 1.91. The molecule has 1 aromatic rings. The van der Waals surface area contributed by atoms with E-state index in [-0.39, 0.29) is 11.8 Å². The Bertz CT molecular complexity index is 331. The number of hydrogen-bond donors (Lipinski definition) is 1. The lowest BCUT2D eigenvalue weighted by atomic mass is 10.1. The molecule has 1 aromatic carbocycles. The van der Waals surface area contributed by atoms with Gasteiger partial charge in [0, 0.05) is 3.57 Å². The van der Waals surface area contributed by atoms with E-state index >= 15 is 0 Å². The van der Waals surface area contributed by atoms with E-state index in [1.165, 1.54) is 3.57 Å². The second kappa shape index (κ2) is 3.29. The van der Waals surface area contributed by atoms with Crippen molar-refractivity contribution < 1.29 is 9.90 Å². The van der Waals surface area contributed by atoms with Crippen molar-refractivity contribution in [3.05, 3.63) is 33.4 Å². The third-order valence-corrected chi connectivity index (χ3v) is 3.12. The van der Waals surface area contributed by atoms with Crippen LogP contribution in [0.5, 0.6) is 0 Å². The zero-order valence-electron chi connectivity index (χ0n) is 6.90. The molecule has 0 radical (unpaired) electrons.